The molecule has 4 nitrogen and oxygen atoms in total. The Balaban J connectivity index is 1.25. The lowest BCUT2D eigenvalue weighted by Gasteiger charge is -2.59. The Bertz CT molecular complexity index is 633. The van der Waals surface area contributed by atoms with Crippen molar-refractivity contribution in [3.63, 3.8) is 0 Å². The van der Waals surface area contributed by atoms with Gasteiger partial charge in [0.15, 0.2) is 0 Å². The summed E-state index contributed by atoms with van der Waals surface area (Å²) in [5.74, 6) is 3.18. The second-order valence-corrected chi connectivity index (χ2v) is 11.9. The van der Waals surface area contributed by atoms with Gasteiger partial charge in [-0.05, 0) is 92.3 Å². The molecule has 0 spiro atoms. The number of rotatable bonds is 1. The van der Waals surface area contributed by atoms with Crippen molar-refractivity contribution in [3.05, 3.63) is 0 Å². The molecule has 0 aromatic heterocycles. The third-order valence-electron chi connectivity index (χ3n) is 10.9. The first-order valence-corrected chi connectivity index (χ1v) is 12.2. The summed E-state index contributed by atoms with van der Waals surface area (Å²) in [6, 6.07) is 0.314. The van der Waals surface area contributed by atoms with E-state index in [4.69, 9.17) is 4.74 Å². The summed E-state index contributed by atoms with van der Waals surface area (Å²) in [7, 11) is 0. The number of aliphatic hydroxyl groups is 2. The Labute approximate surface area is 170 Å². The van der Waals surface area contributed by atoms with Crippen molar-refractivity contribution in [2.45, 2.75) is 102 Å². The quantitative estimate of drug-likeness (QED) is 0.676. The van der Waals surface area contributed by atoms with Gasteiger partial charge in [0.2, 0.25) is 0 Å². The van der Waals surface area contributed by atoms with Crippen LogP contribution in [-0.2, 0) is 4.74 Å². The van der Waals surface area contributed by atoms with E-state index in [1.54, 1.807) is 0 Å². The molecule has 10 atom stereocenters. The van der Waals surface area contributed by atoms with Crippen LogP contribution in [0.3, 0.4) is 0 Å². The molecule has 6 rings (SSSR count). The molecule has 0 unspecified atom stereocenters. The predicted octanol–water partition coefficient (Wildman–Crippen LogP) is 3.20. The van der Waals surface area contributed by atoms with Crippen molar-refractivity contribution in [3.8, 4) is 0 Å². The van der Waals surface area contributed by atoms with E-state index in [0.717, 1.165) is 43.7 Å². The van der Waals surface area contributed by atoms with E-state index in [1.165, 1.54) is 44.9 Å². The Morgan fingerprint density at radius 2 is 1.64 bits per heavy atom. The van der Waals surface area contributed by atoms with Gasteiger partial charge in [-0.15, -0.1) is 0 Å². The molecule has 2 aliphatic heterocycles. The number of hydrogen-bond donors (Lipinski definition) is 2. The average Bonchev–Trinajstić information content (AvgIpc) is 3.36. The van der Waals surface area contributed by atoms with Gasteiger partial charge in [0, 0.05) is 19.1 Å². The third-order valence-corrected chi connectivity index (χ3v) is 10.9. The molecule has 2 heterocycles. The molecule has 0 bridgehead atoms. The Kier molecular flexibility index (Phi) is 4.11. The number of piperidine rings is 1. The average molecular weight is 390 g/mol. The smallest absolute Gasteiger partial charge is 0.0847 e. The van der Waals surface area contributed by atoms with Crippen LogP contribution in [0.5, 0.6) is 0 Å². The number of likely N-dealkylation sites (tertiary alicyclic amines) is 1. The van der Waals surface area contributed by atoms with Crippen molar-refractivity contribution >= 4 is 0 Å². The third kappa shape index (κ3) is 2.50. The Morgan fingerprint density at radius 3 is 2.43 bits per heavy atom. The van der Waals surface area contributed by atoms with Crippen LogP contribution in [-0.4, -0.2) is 58.7 Å². The molecule has 0 aromatic rings. The zero-order valence-corrected chi connectivity index (χ0v) is 17.7. The van der Waals surface area contributed by atoms with Crippen LogP contribution < -0.4 is 0 Å². The number of hydrogen-bond acceptors (Lipinski definition) is 4. The highest BCUT2D eigenvalue weighted by atomic mass is 16.6. The molecular weight excluding hydrogens is 350 g/mol. The van der Waals surface area contributed by atoms with Crippen molar-refractivity contribution in [2.24, 2.45) is 34.5 Å². The minimum Gasteiger partial charge on any atom is -0.393 e. The molecule has 0 radical (unpaired) electrons. The molecule has 2 N–H and O–H groups in total. The van der Waals surface area contributed by atoms with Gasteiger partial charge >= 0.3 is 0 Å². The Morgan fingerprint density at radius 1 is 0.857 bits per heavy atom. The standard InChI is InChI=1S/C24H39NO3/c1-23-8-5-17-16(4-3-14-11-20-21(28-20)13-24(14,17)2)18(23)12-19(22(23)27)25-9-6-15(26)7-10-25/h14-22,26-27H,3-13H2,1-2H3/t14-,16+,17-,18-,19-,20-,21+,22-,23-,24-/m0/s1. The van der Waals surface area contributed by atoms with E-state index in [0.29, 0.717) is 29.6 Å². The van der Waals surface area contributed by atoms with Gasteiger partial charge < -0.3 is 14.9 Å². The maximum atomic E-state index is 11.5. The van der Waals surface area contributed by atoms with Gasteiger partial charge in [-0.3, -0.25) is 4.90 Å². The van der Waals surface area contributed by atoms with Crippen LogP contribution in [0, 0.1) is 34.5 Å². The van der Waals surface area contributed by atoms with Crippen LogP contribution >= 0.6 is 0 Å². The summed E-state index contributed by atoms with van der Waals surface area (Å²) in [5, 5.41) is 21.4. The molecule has 2 saturated heterocycles. The largest absolute Gasteiger partial charge is 0.393 e. The molecule has 6 aliphatic rings. The summed E-state index contributed by atoms with van der Waals surface area (Å²) in [4.78, 5) is 2.52. The lowest BCUT2D eigenvalue weighted by Crippen LogP contribution is -2.54. The van der Waals surface area contributed by atoms with Crippen molar-refractivity contribution in [1.82, 2.24) is 4.90 Å². The Hall–Kier alpha value is -0.160. The minimum atomic E-state index is -0.193. The number of fused-ring (bicyclic) bond motifs is 6. The van der Waals surface area contributed by atoms with E-state index < -0.39 is 0 Å². The monoisotopic (exact) mass is 389 g/mol. The van der Waals surface area contributed by atoms with Gasteiger partial charge in [0.1, 0.15) is 0 Å². The SMILES string of the molecule is C[C@]12C[C@H]3O[C@H]3C[C@@H]1CC[C@@H]1[C@@H]2CC[C@]2(C)[C@@H](O)[C@@H](N3CCC(O)CC3)C[C@@H]12. The molecular formula is C24H39NO3. The van der Waals surface area contributed by atoms with Gasteiger partial charge in [0.05, 0.1) is 24.4 Å². The molecule has 28 heavy (non-hydrogen) atoms. The number of aliphatic hydroxyl groups excluding tert-OH is 2. The number of ether oxygens (including phenoxy) is 1. The van der Waals surface area contributed by atoms with Gasteiger partial charge in [-0.25, -0.2) is 0 Å². The van der Waals surface area contributed by atoms with Crippen LogP contribution in [0.15, 0.2) is 0 Å². The second-order valence-electron chi connectivity index (χ2n) is 11.9. The maximum Gasteiger partial charge on any atom is 0.0847 e. The van der Waals surface area contributed by atoms with E-state index in [9.17, 15) is 10.2 Å². The van der Waals surface area contributed by atoms with Crippen molar-refractivity contribution < 1.29 is 14.9 Å². The lowest BCUT2D eigenvalue weighted by molar-refractivity contribution is -0.119. The van der Waals surface area contributed by atoms with E-state index >= 15 is 0 Å². The molecule has 0 aromatic carbocycles. The summed E-state index contributed by atoms with van der Waals surface area (Å²) < 4.78 is 5.98. The molecule has 4 heteroatoms. The summed E-state index contributed by atoms with van der Waals surface area (Å²) in [6.07, 6.45) is 11.6. The molecule has 0 amide bonds. The summed E-state index contributed by atoms with van der Waals surface area (Å²) in [6.45, 7) is 6.93. The molecule has 4 saturated carbocycles. The highest BCUT2D eigenvalue weighted by molar-refractivity contribution is 5.15. The lowest BCUT2D eigenvalue weighted by atomic mass is 9.45. The normalized spacial score (nSPS) is 59.1. The first-order chi connectivity index (χ1) is 13.4. The van der Waals surface area contributed by atoms with E-state index in [2.05, 4.69) is 18.7 Å². The molecule has 158 valence electrons. The van der Waals surface area contributed by atoms with Crippen LogP contribution in [0.25, 0.3) is 0 Å². The maximum absolute atomic E-state index is 11.5. The molecule has 4 aliphatic carbocycles. The fourth-order valence-electron chi connectivity index (χ4n) is 9.07. The first-order valence-electron chi connectivity index (χ1n) is 12.2. The highest BCUT2D eigenvalue weighted by Crippen LogP contribution is 2.68. The predicted molar refractivity (Wildman–Crippen MR) is 108 cm³/mol. The van der Waals surface area contributed by atoms with Crippen molar-refractivity contribution in [2.75, 3.05) is 13.1 Å². The topological polar surface area (TPSA) is 56.2 Å². The van der Waals surface area contributed by atoms with Crippen LogP contribution in [0.4, 0.5) is 0 Å². The fraction of sp³-hybridized carbons (Fsp3) is 1.00. The number of epoxide rings is 1. The van der Waals surface area contributed by atoms with Crippen LogP contribution in [0.2, 0.25) is 0 Å². The van der Waals surface area contributed by atoms with Gasteiger partial charge in [0.25, 0.3) is 0 Å². The zero-order chi connectivity index (χ0) is 19.3. The highest BCUT2D eigenvalue weighted by Gasteiger charge is 2.65. The van der Waals surface area contributed by atoms with E-state index in [1.807, 2.05) is 0 Å². The molecule has 6 fully saturated rings. The zero-order valence-electron chi connectivity index (χ0n) is 17.7. The number of nitrogens with zero attached hydrogens (tertiary/aromatic N) is 1. The fourth-order valence-corrected chi connectivity index (χ4v) is 9.07. The first kappa shape index (κ1) is 18.6. The van der Waals surface area contributed by atoms with Crippen LogP contribution in [0.1, 0.15) is 71.6 Å². The minimum absolute atomic E-state index is 0.0956. The second kappa shape index (κ2) is 6.18. The van der Waals surface area contributed by atoms with Gasteiger partial charge in [-0.1, -0.05) is 13.8 Å². The summed E-state index contributed by atoms with van der Waals surface area (Å²) in [5.41, 5.74) is 0.568. The van der Waals surface area contributed by atoms with Gasteiger partial charge in [-0.2, -0.15) is 0 Å². The summed E-state index contributed by atoms with van der Waals surface area (Å²) >= 11 is 0. The van der Waals surface area contributed by atoms with Crippen molar-refractivity contribution in [1.29, 1.82) is 0 Å². The van der Waals surface area contributed by atoms with E-state index in [-0.39, 0.29) is 17.6 Å².